The smallest absolute Gasteiger partial charge is 0.308 e. The fraction of sp³-hybridized carbons (Fsp3) is 0.538. The highest BCUT2D eigenvalue weighted by molar-refractivity contribution is 5.93. The van der Waals surface area contributed by atoms with Gasteiger partial charge in [-0.1, -0.05) is 6.92 Å². The summed E-state index contributed by atoms with van der Waals surface area (Å²) in [6, 6.07) is 3.48. The highest BCUT2D eigenvalue weighted by Crippen LogP contribution is 2.05. The molecule has 6 heteroatoms. The van der Waals surface area contributed by atoms with E-state index in [1.54, 1.807) is 36.9 Å². The molecule has 0 aliphatic heterocycles. The Kier molecular flexibility index (Phi) is 6.08. The molecule has 1 aromatic rings. The molecule has 0 bridgehead atoms. The second-order valence-corrected chi connectivity index (χ2v) is 4.23. The zero-order chi connectivity index (χ0) is 14.3. The largest absolute Gasteiger partial charge is 0.481 e. The summed E-state index contributed by atoms with van der Waals surface area (Å²) < 4.78 is 6.75. The lowest BCUT2D eigenvalue weighted by Crippen LogP contribution is -2.33. The number of carbonyl (C=O) groups excluding carboxylic acids is 1. The summed E-state index contributed by atoms with van der Waals surface area (Å²) in [6.45, 7) is 3.02. The third kappa shape index (κ3) is 4.40. The second kappa shape index (κ2) is 7.58. The van der Waals surface area contributed by atoms with E-state index in [-0.39, 0.29) is 12.5 Å². The molecule has 2 N–H and O–H groups in total. The number of carbonyl (C=O) groups is 2. The number of nitrogens with one attached hydrogen (secondary N) is 1. The van der Waals surface area contributed by atoms with Crippen molar-refractivity contribution in [1.29, 1.82) is 0 Å². The van der Waals surface area contributed by atoms with Crippen LogP contribution in [-0.4, -0.2) is 41.8 Å². The number of aliphatic carboxylic acids is 1. The van der Waals surface area contributed by atoms with Gasteiger partial charge in [0.2, 0.25) is 0 Å². The fourth-order valence-corrected chi connectivity index (χ4v) is 1.72. The topological polar surface area (TPSA) is 80.6 Å². The highest BCUT2D eigenvalue weighted by atomic mass is 16.5. The van der Waals surface area contributed by atoms with Crippen molar-refractivity contribution in [2.45, 2.75) is 19.9 Å². The number of amides is 1. The number of carboxylic acids is 1. The van der Waals surface area contributed by atoms with Crippen LogP contribution in [0.4, 0.5) is 0 Å². The first-order valence-electron chi connectivity index (χ1n) is 6.25. The highest BCUT2D eigenvalue weighted by Gasteiger charge is 2.17. The average molecular weight is 268 g/mol. The summed E-state index contributed by atoms with van der Waals surface area (Å²) in [4.78, 5) is 22.8. The average Bonchev–Trinajstić information content (AvgIpc) is 2.84. The summed E-state index contributed by atoms with van der Waals surface area (Å²) in [5, 5.41) is 11.6. The Bertz CT molecular complexity index is 428. The van der Waals surface area contributed by atoms with Gasteiger partial charge >= 0.3 is 5.97 Å². The van der Waals surface area contributed by atoms with E-state index in [2.05, 4.69) is 5.32 Å². The van der Waals surface area contributed by atoms with E-state index in [9.17, 15) is 9.59 Å². The predicted octanol–water partition coefficient (Wildman–Crippen LogP) is 0.975. The number of hydrogen-bond acceptors (Lipinski definition) is 3. The van der Waals surface area contributed by atoms with Crippen molar-refractivity contribution in [2.24, 2.45) is 5.92 Å². The van der Waals surface area contributed by atoms with E-state index in [1.165, 1.54) is 0 Å². The Morgan fingerprint density at radius 3 is 2.84 bits per heavy atom. The number of carboxylic acid groups (broad SMARTS) is 1. The molecule has 1 aromatic heterocycles. The van der Waals surface area contributed by atoms with Crippen molar-refractivity contribution in [2.75, 3.05) is 20.3 Å². The maximum Gasteiger partial charge on any atom is 0.308 e. The van der Waals surface area contributed by atoms with Crippen LogP contribution in [0.1, 0.15) is 23.8 Å². The molecule has 0 radical (unpaired) electrons. The van der Waals surface area contributed by atoms with Gasteiger partial charge in [-0.3, -0.25) is 9.59 Å². The minimum absolute atomic E-state index is 0.139. The Labute approximate surface area is 112 Å². The van der Waals surface area contributed by atoms with E-state index in [4.69, 9.17) is 9.84 Å². The van der Waals surface area contributed by atoms with Crippen molar-refractivity contribution in [3.05, 3.63) is 24.0 Å². The summed E-state index contributed by atoms with van der Waals surface area (Å²) in [7, 11) is 1.60. The van der Waals surface area contributed by atoms with Gasteiger partial charge in [0.15, 0.2) is 0 Å². The van der Waals surface area contributed by atoms with E-state index >= 15 is 0 Å². The van der Waals surface area contributed by atoms with Gasteiger partial charge in [-0.05, 0) is 18.6 Å². The van der Waals surface area contributed by atoms with E-state index in [0.29, 0.717) is 25.3 Å². The maximum atomic E-state index is 12.0. The van der Waals surface area contributed by atoms with Gasteiger partial charge in [0, 0.05) is 26.4 Å². The van der Waals surface area contributed by atoms with Crippen molar-refractivity contribution in [1.82, 2.24) is 9.88 Å². The zero-order valence-electron chi connectivity index (χ0n) is 11.3. The number of ether oxygens (including phenoxy) is 1. The van der Waals surface area contributed by atoms with Crippen molar-refractivity contribution >= 4 is 11.9 Å². The molecule has 0 aromatic carbocycles. The van der Waals surface area contributed by atoms with E-state index < -0.39 is 11.9 Å². The maximum absolute atomic E-state index is 12.0. The van der Waals surface area contributed by atoms with Crippen LogP contribution in [-0.2, 0) is 16.1 Å². The normalized spacial score (nSPS) is 12.1. The van der Waals surface area contributed by atoms with Crippen LogP contribution in [0.5, 0.6) is 0 Å². The van der Waals surface area contributed by atoms with E-state index in [0.717, 1.165) is 0 Å². The SMILES string of the molecule is CCC(CNC(=O)c1cccn1CCOC)C(=O)O. The number of rotatable bonds is 8. The molecule has 0 saturated heterocycles. The summed E-state index contributed by atoms with van der Waals surface area (Å²) in [5.74, 6) is -1.70. The van der Waals surface area contributed by atoms with Crippen molar-refractivity contribution in [3.63, 3.8) is 0 Å². The second-order valence-electron chi connectivity index (χ2n) is 4.23. The molecule has 1 atom stereocenters. The molecular weight excluding hydrogens is 248 g/mol. The molecule has 0 aliphatic rings. The molecule has 19 heavy (non-hydrogen) atoms. The van der Waals surface area contributed by atoms with Crippen LogP contribution >= 0.6 is 0 Å². The van der Waals surface area contributed by atoms with E-state index in [1.807, 2.05) is 0 Å². The summed E-state index contributed by atoms with van der Waals surface area (Å²) >= 11 is 0. The molecule has 0 saturated carbocycles. The van der Waals surface area contributed by atoms with Gasteiger partial charge in [-0.25, -0.2) is 0 Å². The van der Waals surface area contributed by atoms with Gasteiger partial charge in [-0.15, -0.1) is 0 Å². The standard InChI is InChI=1S/C13H20N2O4/c1-3-10(13(17)18)9-14-12(16)11-5-4-6-15(11)7-8-19-2/h4-6,10H,3,7-9H2,1-2H3,(H,14,16)(H,17,18). The molecule has 0 spiro atoms. The van der Waals surface area contributed by atoms with Crippen LogP contribution in [0.2, 0.25) is 0 Å². The Hall–Kier alpha value is -1.82. The first-order chi connectivity index (χ1) is 9.10. The van der Waals surface area contributed by atoms with Crippen LogP contribution in [0, 0.1) is 5.92 Å². The van der Waals surface area contributed by atoms with Crippen LogP contribution in [0.15, 0.2) is 18.3 Å². The molecular formula is C13H20N2O4. The first-order valence-corrected chi connectivity index (χ1v) is 6.25. The van der Waals surface area contributed by atoms with Crippen LogP contribution in [0.3, 0.4) is 0 Å². The molecule has 1 rings (SSSR count). The number of aromatic nitrogens is 1. The fourth-order valence-electron chi connectivity index (χ4n) is 1.72. The first kappa shape index (κ1) is 15.2. The monoisotopic (exact) mass is 268 g/mol. The van der Waals surface area contributed by atoms with Gasteiger partial charge in [-0.2, -0.15) is 0 Å². The lowest BCUT2D eigenvalue weighted by molar-refractivity contribution is -0.141. The predicted molar refractivity (Wildman–Crippen MR) is 70.1 cm³/mol. The lowest BCUT2D eigenvalue weighted by Gasteiger charge is -2.12. The Balaban J connectivity index is 2.58. The number of hydrogen-bond donors (Lipinski definition) is 2. The number of methoxy groups -OCH3 is 1. The van der Waals surface area contributed by atoms with Gasteiger partial charge in [0.1, 0.15) is 5.69 Å². The quantitative estimate of drug-likeness (QED) is 0.736. The minimum Gasteiger partial charge on any atom is -0.481 e. The van der Waals surface area contributed by atoms with Crippen LogP contribution < -0.4 is 5.32 Å². The molecule has 1 unspecified atom stereocenters. The van der Waals surface area contributed by atoms with Gasteiger partial charge in [0.25, 0.3) is 5.91 Å². The van der Waals surface area contributed by atoms with Crippen LogP contribution in [0.25, 0.3) is 0 Å². The summed E-state index contributed by atoms with van der Waals surface area (Å²) in [6.07, 6.45) is 2.28. The molecule has 6 nitrogen and oxygen atoms in total. The van der Waals surface area contributed by atoms with Gasteiger partial charge < -0.3 is 19.7 Å². The van der Waals surface area contributed by atoms with Gasteiger partial charge in [0.05, 0.1) is 12.5 Å². The van der Waals surface area contributed by atoms with Crippen molar-refractivity contribution < 1.29 is 19.4 Å². The molecule has 106 valence electrons. The Morgan fingerprint density at radius 1 is 1.53 bits per heavy atom. The molecule has 0 fully saturated rings. The molecule has 1 heterocycles. The minimum atomic E-state index is -0.891. The summed E-state index contributed by atoms with van der Waals surface area (Å²) in [5.41, 5.74) is 0.511. The third-order valence-corrected chi connectivity index (χ3v) is 2.95. The third-order valence-electron chi connectivity index (χ3n) is 2.95. The number of nitrogens with zero attached hydrogens (tertiary/aromatic N) is 1. The molecule has 1 amide bonds. The molecule has 0 aliphatic carbocycles. The zero-order valence-corrected chi connectivity index (χ0v) is 11.3. The Morgan fingerprint density at radius 2 is 2.26 bits per heavy atom. The lowest BCUT2D eigenvalue weighted by atomic mass is 10.1. The van der Waals surface area contributed by atoms with Crippen molar-refractivity contribution in [3.8, 4) is 0 Å².